The normalized spacial score (nSPS) is 15.1. The van der Waals surface area contributed by atoms with Crippen LogP contribution >= 0.6 is 0 Å². The Bertz CT molecular complexity index is 1090. The number of unbranched alkanes of at least 4 members (excludes halogenated alkanes) is 1. The maximum absolute atomic E-state index is 13.4. The molecule has 1 saturated heterocycles. The third-order valence-electron chi connectivity index (χ3n) is 5.26. The molecule has 1 aromatic carbocycles. The van der Waals surface area contributed by atoms with Gasteiger partial charge >= 0.3 is 5.69 Å². The van der Waals surface area contributed by atoms with Crippen LogP contribution in [0.3, 0.4) is 0 Å². The number of benzene rings is 1. The van der Waals surface area contributed by atoms with Gasteiger partial charge in [0, 0.05) is 45.1 Å². The SMILES string of the molecule is O=c1[nH]c2ccc(F)cc2c(=O)n1CCCCN1CCN(c2ncccn2)CC1. The van der Waals surface area contributed by atoms with E-state index in [1.54, 1.807) is 12.4 Å². The molecule has 0 bridgehead atoms. The molecule has 0 spiro atoms. The molecule has 0 atom stereocenters. The Balaban J connectivity index is 1.29. The summed E-state index contributed by atoms with van der Waals surface area (Å²) in [4.78, 5) is 40.5. The number of halogens is 1. The highest BCUT2D eigenvalue weighted by Gasteiger charge is 2.18. The number of rotatable bonds is 6. The smallest absolute Gasteiger partial charge is 0.328 e. The topological polar surface area (TPSA) is 87.1 Å². The quantitative estimate of drug-likeness (QED) is 0.629. The first-order chi connectivity index (χ1) is 14.1. The third-order valence-corrected chi connectivity index (χ3v) is 5.26. The average molecular weight is 398 g/mol. The fourth-order valence-corrected chi connectivity index (χ4v) is 3.66. The largest absolute Gasteiger partial charge is 0.338 e. The van der Waals surface area contributed by atoms with Gasteiger partial charge in [0.1, 0.15) is 5.82 Å². The van der Waals surface area contributed by atoms with Crippen molar-refractivity contribution in [1.29, 1.82) is 0 Å². The predicted octanol–water partition coefficient (Wildman–Crippen LogP) is 1.22. The van der Waals surface area contributed by atoms with E-state index in [2.05, 4.69) is 24.8 Å². The van der Waals surface area contributed by atoms with Gasteiger partial charge in [0.2, 0.25) is 5.95 Å². The molecule has 152 valence electrons. The van der Waals surface area contributed by atoms with Crippen LogP contribution in [0, 0.1) is 5.82 Å². The number of nitrogens with zero attached hydrogens (tertiary/aromatic N) is 5. The highest BCUT2D eigenvalue weighted by Crippen LogP contribution is 2.11. The van der Waals surface area contributed by atoms with Crippen LogP contribution in [0.2, 0.25) is 0 Å². The lowest BCUT2D eigenvalue weighted by Crippen LogP contribution is -2.47. The summed E-state index contributed by atoms with van der Waals surface area (Å²) in [6, 6.07) is 5.62. The van der Waals surface area contributed by atoms with E-state index in [4.69, 9.17) is 0 Å². The zero-order valence-electron chi connectivity index (χ0n) is 16.1. The van der Waals surface area contributed by atoms with Crippen LogP contribution in [-0.2, 0) is 6.54 Å². The minimum Gasteiger partial charge on any atom is -0.338 e. The van der Waals surface area contributed by atoms with Gasteiger partial charge < -0.3 is 9.88 Å². The Morgan fingerprint density at radius 1 is 1.00 bits per heavy atom. The van der Waals surface area contributed by atoms with Gasteiger partial charge in [-0.1, -0.05) is 0 Å². The zero-order chi connectivity index (χ0) is 20.2. The highest BCUT2D eigenvalue weighted by atomic mass is 19.1. The molecule has 29 heavy (non-hydrogen) atoms. The molecule has 0 amide bonds. The van der Waals surface area contributed by atoms with E-state index in [1.165, 1.54) is 18.2 Å². The molecule has 3 heterocycles. The second kappa shape index (κ2) is 8.52. The molecule has 3 aromatic rings. The lowest BCUT2D eigenvalue weighted by atomic mass is 10.2. The number of hydrogen-bond donors (Lipinski definition) is 1. The van der Waals surface area contributed by atoms with Gasteiger partial charge in [-0.3, -0.25) is 14.3 Å². The van der Waals surface area contributed by atoms with Crippen LogP contribution in [0.1, 0.15) is 12.8 Å². The summed E-state index contributed by atoms with van der Waals surface area (Å²) in [7, 11) is 0. The van der Waals surface area contributed by atoms with Crippen molar-refractivity contribution in [2.75, 3.05) is 37.6 Å². The van der Waals surface area contributed by atoms with Gasteiger partial charge in [0.25, 0.3) is 5.56 Å². The molecule has 9 heteroatoms. The summed E-state index contributed by atoms with van der Waals surface area (Å²) >= 11 is 0. The van der Waals surface area contributed by atoms with Crippen molar-refractivity contribution in [2.24, 2.45) is 0 Å². The molecule has 0 saturated carbocycles. The maximum atomic E-state index is 13.4. The van der Waals surface area contributed by atoms with Gasteiger partial charge in [-0.2, -0.15) is 0 Å². The second-order valence-electron chi connectivity index (χ2n) is 7.16. The van der Waals surface area contributed by atoms with Crippen molar-refractivity contribution in [3.05, 3.63) is 63.3 Å². The van der Waals surface area contributed by atoms with E-state index in [9.17, 15) is 14.0 Å². The molecule has 0 radical (unpaired) electrons. The second-order valence-corrected chi connectivity index (χ2v) is 7.16. The Morgan fingerprint density at radius 2 is 1.72 bits per heavy atom. The molecule has 0 unspecified atom stereocenters. The molecular formula is C20H23FN6O2. The van der Waals surface area contributed by atoms with E-state index < -0.39 is 17.1 Å². The first-order valence-electron chi connectivity index (χ1n) is 9.78. The minimum absolute atomic E-state index is 0.198. The van der Waals surface area contributed by atoms with Crippen LogP contribution < -0.4 is 16.1 Å². The van der Waals surface area contributed by atoms with Crippen molar-refractivity contribution in [3.63, 3.8) is 0 Å². The van der Waals surface area contributed by atoms with E-state index in [0.717, 1.165) is 49.7 Å². The summed E-state index contributed by atoms with van der Waals surface area (Å²) in [5.74, 6) is 0.270. The number of H-pyrrole nitrogens is 1. The standard InChI is InChI=1S/C20H23FN6O2/c21-15-4-5-17-16(14-15)18(28)27(20(29)24-17)9-2-1-8-25-10-12-26(13-11-25)19-22-6-3-7-23-19/h3-7,14H,1-2,8-13H2,(H,24,29). The van der Waals surface area contributed by atoms with Crippen LogP contribution in [0.4, 0.5) is 10.3 Å². The summed E-state index contributed by atoms with van der Waals surface area (Å²) in [5.41, 5.74) is -0.539. The number of nitrogens with one attached hydrogen (secondary N) is 1. The average Bonchev–Trinajstić information content (AvgIpc) is 2.75. The summed E-state index contributed by atoms with van der Waals surface area (Å²) in [6.07, 6.45) is 5.07. The van der Waals surface area contributed by atoms with Crippen molar-refractivity contribution in [1.82, 2.24) is 24.4 Å². The van der Waals surface area contributed by atoms with E-state index in [0.29, 0.717) is 18.5 Å². The first kappa shape index (κ1) is 19.3. The summed E-state index contributed by atoms with van der Waals surface area (Å²) < 4.78 is 14.6. The Hall–Kier alpha value is -3.07. The van der Waals surface area contributed by atoms with E-state index >= 15 is 0 Å². The number of hydrogen-bond acceptors (Lipinski definition) is 6. The molecule has 1 aliphatic heterocycles. The minimum atomic E-state index is -0.492. The van der Waals surface area contributed by atoms with Crippen LogP contribution in [0.5, 0.6) is 0 Å². The Kier molecular flexibility index (Phi) is 5.66. The number of aromatic amines is 1. The molecule has 0 aliphatic carbocycles. The van der Waals surface area contributed by atoms with E-state index in [-0.39, 0.29) is 5.39 Å². The fourth-order valence-electron chi connectivity index (χ4n) is 3.66. The van der Waals surface area contributed by atoms with Crippen LogP contribution in [-0.4, -0.2) is 57.1 Å². The third kappa shape index (κ3) is 4.34. The first-order valence-corrected chi connectivity index (χ1v) is 9.78. The maximum Gasteiger partial charge on any atom is 0.328 e. The molecule has 1 aliphatic rings. The van der Waals surface area contributed by atoms with Gasteiger partial charge in [0.05, 0.1) is 10.9 Å². The zero-order valence-corrected chi connectivity index (χ0v) is 16.1. The highest BCUT2D eigenvalue weighted by molar-refractivity contribution is 5.77. The lowest BCUT2D eigenvalue weighted by Gasteiger charge is -2.34. The van der Waals surface area contributed by atoms with Crippen LogP contribution in [0.25, 0.3) is 10.9 Å². The van der Waals surface area contributed by atoms with Gasteiger partial charge in [-0.25, -0.2) is 19.2 Å². The van der Waals surface area contributed by atoms with Crippen molar-refractivity contribution in [3.8, 4) is 0 Å². The van der Waals surface area contributed by atoms with Crippen molar-refractivity contribution in [2.45, 2.75) is 19.4 Å². The van der Waals surface area contributed by atoms with E-state index in [1.807, 2.05) is 6.07 Å². The fraction of sp³-hybridized carbons (Fsp3) is 0.400. The van der Waals surface area contributed by atoms with Crippen LogP contribution in [0.15, 0.2) is 46.2 Å². The number of piperazine rings is 1. The molecule has 4 rings (SSSR count). The summed E-state index contributed by atoms with van der Waals surface area (Å²) in [6.45, 7) is 4.82. The molecular weight excluding hydrogens is 375 g/mol. The summed E-state index contributed by atoms with van der Waals surface area (Å²) in [5, 5.41) is 0.198. The number of anilines is 1. The number of fused-ring (bicyclic) bond motifs is 1. The molecule has 1 N–H and O–H groups in total. The molecule has 8 nitrogen and oxygen atoms in total. The number of aromatic nitrogens is 4. The lowest BCUT2D eigenvalue weighted by molar-refractivity contribution is 0.250. The van der Waals surface area contributed by atoms with Crippen molar-refractivity contribution >= 4 is 16.9 Å². The van der Waals surface area contributed by atoms with Gasteiger partial charge in [-0.15, -0.1) is 0 Å². The Labute approximate surface area is 166 Å². The monoisotopic (exact) mass is 398 g/mol. The molecule has 1 fully saturated rings. The van der Waals surface area contributed by atoms with Gasteiger partial charge in [-0.05, 0) is 43.7 Å². The van der Waals surface area contributed by atoms with Gasteiger partial charge in [0.15, 0.2) is 0 Å². The molecule has 2 aromatic heterocycles. The predicted molar refractivity (Wildman–Crippen MR) is 109 cm³/mol. The van der Waals surface area contributed by atoms with Crippen molar-refractivity contribution < 1.29 is 4.39 Å². The Morgan fingerprint density at radius 3 is 2.48 bits per heavy atom.